The third-order valence-corrected chi connectivity index (χ3v) is 3.84. The van der Waals surface area contributed by atoms with Crippen molar-refractivity contribution in [2.24, 2.45) is 0 Å². The number of hydrogen-bond donors (Lipinski definition) is 0. The molecule has 0 N–H and O–H groups in total. The van der Waals surface area contributed by atoms with Crippen molar-refractivity contribution in [3.63, 3.8) is 0 Å². The average molecular weight is 245 g/mol. The largest absolute Gasteiger partial charge is 0.0837 e. The van der Waals surface area contributed by atoms with Gasteiger partial charge < -0.3 is 0 Å². The van der Waals surface area contributed by atoms with Crippen LogP contribution in [0.25, 0.3) is 0 Å². The summed E-state index contributed by atoms with van der Waals surface area (Å²) in [5, 5.41) is 0.914. The number of benzene rings is 2. The summed E-state index contributed by atoms with van der Waals surface area (Å²) in [4.78, 5) is 0. The van der Waals surface area contributed by atoms with Crippen LogP contribution in [0, 0.1) is 20.8 Å². The predicted molar refractivity (Wildman–Crippen MR) is 74.9 cm³/mol. The first-order chi connectivity index (χ1) is 8.09. The number of aryl methyl sites for hydroxylation is 2. The van der Waals surface area contributed by atoms with Crippen LogP contribution in [-0.4, -0.2) is 0 Å². The molecule has 0 aliphatic carbocycles. The minimum absolute atomic E-state index is 0.911. The molecule has 0 saturated heterocycles. The summed E-state index contributed by atoms with van der Waals surface area (Å²) in [6.07, 6.45) is 0.911. The number of halogens is 1. The summed E-state index contributed by atoms with van der Waals surface area (Å²) in [5.41, 5.74) is 6.36. The van der Waals surface area contributed by atoms with Gasteiger partial charge in [-0.15, -0.1) is 0 Å². The second-order valence-electron chi connectivity index (χ2n) is 4.59. The number of rotatable bonds is 2. The lowest BCUT2D eigenvalue weighted by Gasteiger charge is -2.13. The van der Waals surface area contributed by atoms with Gasteiger partial charge in [0.25, 0.3) is 0 Å². The van der Waals surface area contributed by atoms with Gasteiger partial charge in [0.15, 0.2) is 0 Å². The van der Waals surface area contributed by atoms with E-state index in [9.17, 15) is 0 Å². The third kappa shape index (κ3) is 2.53. The molecule has 0 aliphatic heterocycles. The topological polar surface area (TPSA) is 0 Å². The molecule has 0 unspecified atom stereocenters. The Bertz CT molecular complexity index is 501. The van der Waals surface area contributed by atoms with E-state index < -0.39 is 0 Å². The smallest absolute Gasteiger partial charge is 0.0473 e. The summed E-state index contributed by atoms with van der Waals surface area (Å²) in [6.45, 7) is 6.37. The van der Waals surface area contributed by atoms with Crippen molar-refractivity contribution in [2.45, 2.75) is 27.2 Å². The Labute approximate surface area is 108 Å². The maximum Gasteiger partial charge on any atom is 0.0473 e. The SMILES string of the molecule is Cc1cc(C)c(Cl)c(Cc2ccccc2)c1C. The molecule has 88 valence electrons. The molecule has 0 fully saturated rings. The Hall–Kier alpha value is -1.27. The van der Waals surface area contributed by atoms with Crippen LogP contribution in [0.5, 0.6) is 0 Å². The molecule has 1 heteroatoms. The Morgan fingerprint density at radius 1 is 0.941 bits per heavy atom. The summed E-state index contributed by atoms with van der Waals surface area (Å²) in [6, 6.07) is 12.6. The molecule has 2 aromatic rings. The molecular weight excluding hydrogens is 228 g/mol. The quantitative estimate of drug-likeness (QED) is 0.708. The van der Waals surface area contributed by atoms with Crippen molar-refractivity contribution < 1.29 is 0 Å². The Morgan fingerprint density at radius 2 is 1.59 bits per heavy atom. The number of hydrogen-bond acceptors (Lipinski definition) is 0. The van der Waals surface area contributed by atoms with Crippen molar-refractivity contribution in [2.75, 3.05) is 0 Å². The highest BCUT2D eigenvalue weighted by atomic mass is 35.5. The summed E-state index contributed by atoms with van der Waals surface area (Å²) >= 11 is 6.42. The van der Waals surface area contributed by atoms with Gasteiger partial charge in [-0.1, -0.05) is 48.0 Å². The van der Waals surface area contributed by atoms with Crippen LogP contribution in [0.15, 0.2) is 36.4 Å². The van der Waals surface area contributed by atoms with Crippen LogP contribution in [0.2, 0.25) is 5.02 Å². The van der Waals surface area contributed by atoms with Crippen molar-refractivity contribution in [3.8, 4) is 0 Å². The highest BCUT2D eigenvalue weighted by Crippen LogP contribution is 2.28. The van der Waals surface area contributed by atoms with E-state index in [-0.39, 0.29) is 0 Å². The van der Waals surface area contributed by atoms with E-state index >= 15 is 0 Å². The first kappa shape index (κ1) is 12.2. The highest BCUT2D eigenvalue weighted by Gasteiger charge is 2.10. The molecule has 0 aromatic heterocycles. The zero-order valence-corrected chi connectivity index (χ0v) is 11.3. The van der Waals surface area contributed by atoms with Crippen LogP contribution in [0.3, 0.4) is 0 Å². The summed E-state index contributed by atoms with van der Waals surface area (Å²) in [7, 11) is 0. The fourth-order valence-corrected chi connectivity index (χ4v) is 2.41. The molecule has 0 saturated carbocycles. The van der Waals surface area contributed by atoms with Crippen LogP contribution < -0.4 is 0 Å². The summed E-state index contributed by atoms with van der Waals surface area (Å²) < 4.78 is 0. The van der Waals surface area contributed by atoms with Gasteiger partial charge in [0, 0.05) is 5.02 Å². The molecule has 2 rings (SSSR count). The molecule has 17 heavy (non-hydrogen) atoms. The Balaban J connectivity index is 2.46. The van der Waals surface area contributed by atoms with Crippen molar-refractivity contribution in [1.82, 2.24) is 0 Å². The van der Waals surface area contributed by atoms with Gasteiger partial charge in [-0.2, -0.15) is 0 Å². The van der Waals surface area contributed by atoms with Crippen LogP contribution in [0.1, 0.15) is 27.8 Å². The molecule has 0 bridgehead atoms. The lowest BCUT2D eigenvalue weighted by molar-refractivity contribution is 1.12. The second-order valence-corrected chi connectivity index (χ2v) is 4.97. The molecule has 0 atom stereocenters. The van der Waals surface area contributed by atoms with Gasteiger partial charge >= 0.3 is 0 Å². The average Bonchev–Trinajstić information content (AvgIpc) is 2.33. The van der Waals surface area contributed by atoms with E-state index in [2.05, 4.69) is 51.1 Å². The van der Waals surface area contributed by atoms with E-state index in [1.165, 1.54) is 27.8 Å². The molecule has 2 aromatic carbocycles. The molecular formula is C16H17Cl. The van der Waals surface area contributed by atoms with Gasteiger partial charge in [0.05, 0.1) is 0 Å². The molecule has 0 aliphatic rings. The fraction of sp³-hybridized carbons (Fsp3) is 0.250. The zero-order valence-electron chi connectivity index (χ0n) is 10.5. The van der Waals surface area contributed by atoms with Gasteiger partial charge in [-0.3, -0.25) is 0 Å². The standard InChI is InChI=1S/C16H17Cl/c1-11-9-12(2)16(17)15(13(11)3)10-14-7-5-4-6-8-14/h4-9H,10H2,1-3H3. The van der Waals surface area contributed by atoms with Gasteiger partial charge in [-0.05, 0) is 55.0 Å². The molecule has 0 nitrogen and oxygen atoms in total. The first-order valence-electron chi connectivity index (χ1n) is 5.88. The monoisotopic (exact) mass is 244 g/mol. The normalized spacial score (nSPS) is 10.6. The maximum atomic E-state index is 6.42. The van der Waals surface area contributed by atoms with Crippen molar-refractivity contribution in [1.29, 1.82) is 0 Å². The predicted octanol–water partition coefficient (Wildman–Crippen LogP) is 4.86. The van der Waals surface area contributed by atoms with E-state index in [0.29, 0.717) is 0 Å². The summed E-state index contributed by atoms with van der Waals surface area (Å²) in [5.74, 6) is 0. The highest BCUT2D eigenvalue weighted by molar-refractivity contribution is 6.32. The minimum atomic E-state index is 0.911. The zero-order chi connectivity index (χ0) is 12.4. The van der Waals surface area contributed by atoms with Crippen molar-refractivity contribution >= 4 is 11.6 Å². The van der Waals surface area contributed by atoms with Gasteiger partial charge in [0.2, 0.25) is 0 Å². The molecule has 0 heterocycles. The van der Waals surface area contributed by atoms with Gasteiger partial charge in [0.1, 0.15) is 0 Å². The minimum Gasteiger partial charge on any atom is -0.0837 e. The Morgan fingerprint density at radius 3 is 2.24 bits per heavy atom. The first-order valence-corrected chi connectivity index (χ1v) is 6.26. The Kier molecular flexibility index (Phi) is 3.54. The van der Waals surface area contributed by atoms with Crippen LogP contribution >= 0.6 is 11.6 Å². The van der Waals surface area contributed by atoms with Crippen LogP contribution in [-0.2, 0) is 6.42 Å². The van der Waals surface area contributed by atoms with E-state index in [4.69, 9.17) is 11.6 Å². The maximum absolute atomic E-state index is 6.42. The van der Waals surface area contributed by atoms with E-state index in [1.54, 1.807) is 0 Å². The van der Waals surface area contributed by atoms with E-state index in [0.717, 1.165) is 11.4 Å². The molecule has 0 spiro atoms. The second kappa shape index (κ2) is 4.93. The van der Waals surface area contributed by atoms with Crippen LogP contribution in [0.4, 0.5) is 0 Å². The van der Waals surface area contributed by atoms with E-state index in [1.807, 2.05) is 6.07 Å². The van der Waals surface area contributed by atoms with Gasteiger partial charge in [-0.25, -0.2) is 0 Å². The lowest BCUT2D eigenvalue weighted by Crippen LogP contribution is -1.97. The molecule has 0 amide bonds. The van der Waals surface area contributed by atoms with Crippen molar-refractivity contribution in [3.05, 3.63) is 69.2 Å². The fourth-order valence-electron chi connectivity index (χ4n) is 2.15. The third-order valence-electron chi connectivity index (χ3n) is 3.31. The lowest BCUT2D eigenvalue weighted by atomic mass is 9.95. The molecule has 0 radical (unpaired) electrons.